The fourth-order valence-electron chi connectivity index (χ4n) is 3.85. The molecule has 3 aliphatic rings. The van der Waals surface area contributed by atoms with Gasteiger partial charge in [0.05, 0.1) is 11.6 Å². The zero-order valence-corrected chi connectivity index (χ0v) is 19.7. The monoisotopic (exact) mass is 485 g/mol. The summed E-state index contributed by atoms with van der Waals surface area (Å²) in [5.41, 5.74) is 0.167. The molecule has 0 amide bonds. The number of nitriles is 1. The molecule has 2 radical (unpaired) electrons. The fraction of sp³-hybridized carbons (Fsp3) is 0.857. The summed E-state index contributed by atoms with van der Waals surface area (Å²) in [5.74, 6) is -0.615. The average molecular weight is 484 g/mol. The molecule has 1 aliphatic heterocycles. The quantitative estimate of drug-likeness (QED) is 0.444. The number of unbranched alkanes of at least 4 members (excludes halogenated alkanes) is 2. The van der Waals surface area contributed by atoms with Crippen molar-refractivity contribution in [3.63, 3.8) is 0 Å². The Morgan fingerprint density at radius 3 is 2.30 bits per heavy atom. The molecule has 0 bridgehead atoms. The van der Waals surface area contributed by atoms with Crippen LogP contribution < -0.4 is 0 Å². The summed E-state index contributed by atoms with van der Waals surface area (Å²) in [4.78, 5) is 0. The SMILES string of the molecule is CCC[CH2][Sn][CH2]CCC.N#CC1=C[C@H]2OC3(CCCCC3)O[C@H]2[C@H](O)[C@@H]1O. The van der Waals surface area contributed by atoms with E-state index in [1.54, 1.807) is 14.9 Å². The number of fused-ring (bicyclic) bond motifs is 1. The number of rotatable bonds is 6. The summed E-state index contributed by atoms with van der Waals surface area (Å²) in [6.07, 6.45) is 9.10. The van der Waals surface area contributed by atoms with Crippen LogP contribution in [0.4, 0.5) is 0 Å². The first-order valence-electron chi connectivity index (χ1n) is 10.6. The maximum absolute atomic E-state index is 10.0. The van der Waals surface area contributed by atoms with Crippen LogP contribution in [0, 0.1) is 11.3 Å². The summed E-state index contributed by atoms with van der Waals surface area (Å²) < 4.78 is 15.1. The molecule has 27 heavy (non-hydrogen) atoms. The van der Waals surface area contributed by atoms with Crippen LogP contribution in [-0.2, 0) is 9.47 Å². The number of aliphatic hydroxyl groups excluding tert-OH is 2. The van der Waals surface area contributed by atoms with E-state index in [1.807, 2.05) is 6.07 Å². The molecule has 3 rings (SSSR count). The summed E-state index contributed by atoms with van der Waals surface area (Å²) in [6.45, 7) is 4.58. The van der Waals surface area contributed by atoms with Crippen molar-refractivity contribution in [2.75, 3.05) is 0 Å². The molecular formula is C21H35NO4Sn. The minimum atomic E-state index is -1.17. The van der Waals surface area contributed by atoms with E-state index in [9.17, 15) is 10.2 Å². The Morgan fingerprint density at radius 2 is 1.74 bits per heavy atom. The second kappa shape index (κ2) is 11.8. The molecule has 0 unspecified atom stereocenters. The van der Waals surface area contributed by atoms with Crippen LogP contribution in [0.1, 0.15) is 71.6 Å². The van der Waals surface area contributed by atoms with Crippen molar-refractivity contribution >= 4 is 21.1 Å². The van der Waals surface area contributed by atoms with Crippen LogP contribution in [0.3, 0.4) is 0 Å². The van der Waals surface area contributed by atoms with Gasteiger partial charge in [0.2, 0.25) is 0 Å². The van der Waals surface area contributed by atoms with Crippen molar-refractivity contribution in [1.29, 1.82) is 5.26 Å². The van der Waals surface area contributed by atoms with E-state index in [-0.39, 0.29) is 26.7 Å². The topological polar surface area (TPSA) is 82.7 Å². The minimum Gasteiger partial charge on any atom is -0.387 e. The molecule has 6 heteroatoms. The van der Waals surface area contributed by atoms with E-state index in [2.05, 4.69) is 13.8 Å². The van der Waals surface area contributed by atoms with Gasteiger partial charge in [0.25, 0.3) is 0 Å². The van der Waals surface area contributed by atoms with Gasteiger partial charge >= 0.3 is 69.5 Å². The first kappa shape index (κ1) is 23.2. The Bertz CT molecular complexity index is 507. The summed E-state index contributed by atoms with van der Waals surface area (Å²) in [5, 5.41) is 28.7. The van der Waals surface area contributed by atoms with E-state index in [1.165, 1.54) is 32.1 Å². The first-order valence-corrected chi connectivity index (χ1v) is 14.6. The third-order valence-corrected chi connectivity index (χ3v) is 9.54. The Hall–Kier alpha value is -0.131. The molecule has 0 aromatic carbocycles. The van der Waals surface area contributed by atoms with Crippen molar-refractivity contribution in [2.45, 2.75) is 111 Å². The van der Waals surface area contributed by atoms with Crippen molar-refractivity contribution in [2.24, 2.45) is 0 Å². The first-order chi connectivity index (χ1) is 13.1. The molecular weight excluding hydrogens is 449 g/mol. The third kappa shape index (κ3) is 6.43. The third-order valence-electron chi connectivity index (χ3n) is 5.51. The van der Waals surface area contributed by atoms with Gasteiger partial charge in [0, 0.05) is 12.8 Å². The number of hydrogen-bond donors (Lipinski definition) is 2. The van der Waals surface area contributed by atoms with Gasteiger partial charge in [0.15, 0.2) is 5.79 Å². The number of nitrogens with zero attached hydrogens (tertiary/aromatic N) is 1. The maximum Gasteiger partial charge on any atom is 0.169 e. The summed E-state index contributed by atoms with van der Waals surface area (Å²) >= 11 is 0.149. The number of aliphatic hydroxyl groups is 2. The number of ether oxygens (including phenoxy) is 2. The molecule has 152 valence electrons. The van der Waals surface area contributed by atoms with Gasteiger partial charge in [-0.2, -0.15) is 5.26 Å². The predicted octanol–water partition coefficient (Wildman–Crippen LogP) is 3.74. The average Bonchev–Trinajstić information content (AvgIpc) is 3.03. The smallest absolute Gasteiger partial charge is 0.169 e. The van der Waals surface area contributed by atoms with Crippen molar-refractivity contribution in [3.8, 4) is 6.07 Å². The standard InChI is InChI=1S/C13H17NO4.2C4H9.Sn/c14-7-8-6-9-12(11(16)10(8)15)18-13(17-9)4-2-1-3-5-13;2*1-3-4-2;/h6,9-12,15-16H,1-5H2;2*1,3-4H2,2H3;/t9-,10-,11-,12-;;;/m1.../s1. The van der Waals surface area contributed by atoms with Crippen LogP contribution in [-0.4, -0.2) is 61.6 Å². The fourth-order valence-corrected chi connectivity index (χ4v) is 8.01. The van der Waals surface area contributed by atoms with Crippen molar-refractivity contribution < 1.29 is 19.7 Å². The van der Waals surface area contributed by atoms with E-state index in [4.69, 9.17) is 14.7 Å². The molecule has 2 aliphatic carbocycles. The van der Waals surface area contributed by atoms with Gasteiger partial charge in [-0.15, -0.1) is 0 Å². The van der Waals surface area contributed by atoms with Gasteiger partial charge in [-0.25, -0.2) is 0 Å². The Kier molecular flexibility index (Phi) is 10.1. The molecule has 0 aromatic rings. The molecule has 4 atom stereocenters. The van der Waals surface area contributed by atoms with Gasteiger partial charge in [-0.05, 0) is 18.9 Å². The van der Waals surface area contributed by atoms with Crippen molar-refractivity contribution in [3.05, 3.63) is 11.6 Å². The van der Waals surface area contributed by atoms with Gasteiger partial charge in [-0.3, -0.25) is 0 Å². The normalized spacial score (nSPS) is 31.4. The van der Waals surface area contributed by atoms with Gasteiger partial charge in [-0.1, -0.05) is 6.42 Å². The van der Waals surface area contributed by atoms with E-state index >= 15 is 0 Å². The van der Waals surface area contributed by atoms with Crippen LogP contribution in [0.2, 0.25) is 8.87 Å². The summed E-state index contributed by atoms with van der Waals surface area (Å²) in [6, 6.07) is 1.90. The molecule has 1 heterocycles. The van der Waals surface area contributed by atoms with Gasteiger partial charge in [0.1, 0.15) is 24.4 Å². The van der Waals surface area contributed by atoms with E-state index < -0.39 is 30.2 Å². The van der Waals surface area contributed by atoms with E-state index in [0.717, 1.165) is 25.7 Å². The number of hydrogen-bond acceptors (Lipinski definition) is 5. The zero-order valence-electron chi connectivity index (χ0n) is 16.8. The second-order valence-corrected chi connectivity index (χ2v) is 12.0. The molecule has 1 saturated heterocycles. The minimum absolute atomic E-state index is 0.149. The Morgan fingerprint density at radius 1 is 1.11 bits per heavy atom. The zero-order chi connectivity index (χ0) is 19.7. The molecule has 5 nitrogen and oxygen atoms in total. The van der Waals surface area contributed by atoms with E-state index in [0.29, 0.717) is 0 Å². The predicted molar refractivity (Wildman–Crippen MR) is 106 cm³/mol. The van der Waals surface area contributed by atoms with Crippen LogP contribution in [0.25, 0.3) is 0 Å². The Balaban J connectivity index is 0.000000249. The van der Waals surface area contributed by atoms with Crippen LogP contribution in [0.5, 0.6) is 0 Å². The molecule has 0 aromatic heterocycles. The second-order valence-electron chi connectivity index (χ2n) is 7.76. The largest absolute Gasteiger partial charge is 0.387 e. The maximum atomic E-state index is 10.0. The molecule has 2 N–H and O–H groups in total. The van der Waals surface area contributed by atoms with Crippen LogP contribution in [0.15, 0.2) is 11.6 Å². The Labute approximate surface area is 174 Å². The molecule has 2 fully saturated rings. The molecule has 1 saturated carbocycles. The van der Waals surface area contributed by atoms with Crippen LogP contribution >= 0.6 is 0 Å². The summed E-state index contributed by atoms with van der Waals surface area (Å²) in [7, 11) is 0. The molecule has 1 spiro atoms. The van der Waals surface area contributed by atoms with Gasteiger partial charge < -0.3 is 19.7 Å². The van der Waals surface area contributed by atoms with Crippen molar-refractivity contribution in [1.82, 2.24) is 0 Å².